The van der Waals surface area contributed by atoms with E-state index in [9.17, 15) is 4.79 Å². The van der Waals surface area contributed by atoms with Crippen LogP contribution in [0.25, 0.3) is 0 Å². The number of carbonyl (C=O) groups is 1. The lowest BCUT2D eigenvalue weighted by Gasteiger charge is -2.26. The molecule has 100 valence electrons. The van der Waals surface area contributed by atoms with Crippen molar-refractivity contribution in [1.29, 1.82) is 0 Å². The van der Waals surface area contributed by atoms with Crippen molar-refractivity contribution < 1.29 is 9.90 Å². The Morgan fingerprint density at radius 1 is 1.50 bits per heavy atom. The van der Waals surface area contributed by atoms with Gasteiger partial charge in [0.25, 0.3) is 0 Å². The monoisotopic (exact) mass is 330 g/mol. The molecule has 0 spiro atoms. The van der Waals surface area contributed by atoms with E-state index < -0.39 is 5.97 Å². The van der Waals surface area contributed by atoms with Crippen LogP contribution >= 0.6 is 27.3 Å². The first-order valence-corrected chi connectivity index (χ1v) is 8.08. The zero-order valence-electron chi connectivity index (χ0n) is 10.7. The van der Waals surface area contributed by atoms with Crippen molar-refractivity contribution in [3.05, 3.63) is 20.3 Å². The van der Waals surface area contributed by atoms with Crippen molar-refractivity contribution in [3.63, 3.8) is 0 Å². The molecule has 1 aromatic heterocycles. The van der Waals surface area contributed by atoms with Gasteiger partial charge in [-0.15, -0.1) is 11.3 Å². The highest BCUT2D eigenvalue weighted by atomic mass is 79.9. The summed E-state index contributed by atoms with van der Waals surface area (Å²) in [6.45, 7) is 2.10. The average Bonchev–Trinajstić information content (AvgIpc) is 2.85. The molecule has 1 fully saturated rings. The summed E-state index contributed by atoms with van der Waals surface area (Å²) in [5.41, 5.74) is 1.35. The highest BCUT2D eigenvalue weighted by Crippen LogP contribution is 2.45. The van der Waals surface area contributed by atoms with Gasteiger partial charge in [0.15, 0.2) is 0 Å². The summed E-state index contributed by atoms with van der Waals surface area (Å²) in [6.07, 6.45) is 6.95. The Morgan fingerprint density at radius 2 is 2.17 bits per heavy atom. The molecule has 1 aliphatic carbocycles. The molecular formula is C14H19BrO2S. The van der Waals surface area contributed by atoms with Gasteiger partial charge in [-0.05, 0) is 65.6 Å². The molecule has 18 heavy (non-hydrogen) atoms. The molecule has 0 amide bonds. The topological polar surface area (TPSA) is 37.3 Å². The molecule has 0 bridgehead atoms. The van der Waals surface area contributed by atoms with Crippen molar-refractivity contribution in [2.24, 2.45) is 5.41 Å². The molecule has 4 heteroatoms. The third-order valence-corrected chi connectivity index (χ3v) is 6.20. The van der Waals surface area contributed by atoms with E-state index >= 15 is 0 Å². The second-order valence-electron chi connectivity index (χ2n) is 5.45. The molecule has 1 N–H and O–H groups in total. The van der Waals surface area contributed by atoms with Gasteiger partial charge >= 0.3 is 5.97 Å². The minimum atomic E-state index is -0.638. The molecule has 0 saturated heterocycles. The molecule has 0 unspecified atom stereocenters. The van der Waals surface area contributed by atoms with Crippen LogP contribution in [0.4, 0.5) is 0 Å². The fraction of sp³-hybridized carbons (Fsp3) is 0.643. The zero-order chi connectivity index (χ0) is 13.2. The highest BCUT2D eigenvalue weighted by molar-refractivity contribution is 9.11. The van der Waals surface area contributed by atoms with Crippen molar-refractivity contribution in [2.75, 3.05) is 0 Å². The number of hydrogen-bond acceptors (Lipinski definition) is 2. The average molecular weight is 331 g/mol. The van der Waals surface area contributed by atoms with E-state index in [4.69, 9.17) is 5.11 Å². The Kier molecular flexibility index (Phi) is 4.49. The Morgan fingerprint density at radius 3 is 2.67 bits per heavy atom. The SMILES string of the molecule is Cc1cc(CCC2(CC(=O)O)CCCC2)sc1Br. The minimum Gasteiger partial charge on any atom is -0.481 e. The molecule has 1 aromatic rings. The molecule has 2 nitrogen and oxygen atoms in total. The number of rotatable bonds is 5. The third kappa shape index (κ3) is 3.35. The molecule has 1 saturated carbocycles. The smallest absolute Gasteiger partial charge is 0.303 e. The molecule has 0 atom stereocenters. The van der Waals surface area contributed by atoms with Crippen LogP contribution < -0.4 is 0 Å². The maximum absolute atomic E-state index is 11.0. The van der Waals surface area contributed by atoms with Crippen LogP contribution in [0.15, 0.2) is 9.85 Å². The molecule has 0 radical (unpaired) electrons. The Bertz CT molecular complexity index is 414. The van der Waals surface area contributed by atoms with Crippen LogP contribution in [0, 0.1) is 12.3 Å². The van der Waals surface area contributed by atoms with Gasteiger partial charge in [-0.2, -0.15) is 0 Å². The lowest BCUT2D eigenvalue weighted by Crippen LogP contribution is -2.21. The van der Waals surface area contributed by atoms with Crippen LogP contribution in [0.5, 0.6) is 0 Å². The fourth-order valence-electron chi connectivity index (χ4n) is 3.00. The van der Waals surface area contributed by atoms with E-state index in [1.807, 2.05) is 0 Å². The zero-order valence-corrected chi connectivity index (χ0v) is 13.1. The maximum Gasteiger partial charge on any atom is 0.303 e. The lowest BCUT2D eigenvalue weighted by atomic mass is 9.78. The molecule has 2 rings (SSSR count). The fourth-order valence-corrected chi connectivity index (χ4v) is 4.62. The predicted octanol–water partition coefficient (Wildman–Crippen LogP) is 4.79. The van der Waals surface area contributed by atoms with Gasteiger partial charge in [-0.1, -0.05) is 12.8 Å². The number of hydrogen-bond donors (Lipinski definition) is 1. The van der Waals surface area contributed by atoms with Crippen LogP contribution in [0.2, 0.25) is 0 Å². The van der Waals surface area contributed by atoms with E-state index in [-0.39, 0.29) is 5.41 Å². The number of halogens is 1. The van der Waals surface area contributed by atoms with Crippen molar-refractivity contribution in [1.82, 2.24) is 0 Å². The molecule has 1 heterocycles. The predicted molar refractivity (Wildman–Crippen MR) is 78.2 cm³/mol. The summed E-state index contributed by atoms with van der Waals surface area (Å²) in [7, 11) is 0. The summed E-state index contributed by atoms with van der Waals surface area (Å²) >= 11 is 5.33. The Hall–Kier alpha value is -0.350. The quantitative estimate of drug-likeness (QED) is 0.842. The Labute approximate surface area is 121 Å². The van der Waals surface area contributed by atoms with Gasteiger partial charge in [-0.25, -0.2) is 0 Å². The van der Waals surface area contributed by atoms with Crippen LogP contribution in [0.1, 0.15) is 49.0 Å². The number of thiophene rings is 1. The van der Waals surface area contributed by atoms with E-state index in [0.717, 1.165) is 25.7 Å². The van der Waals surface area contributed by atoms with E-state index in [1.54, 1.807) is 11.3 Å². The number of aryl methyl sites for hydroxylation is 2. The van der Waals surface area contributed by atoms with Crippen molar-refractivity contribution in [2.45, 2.75) is 51.9 Å². The number of carboxylic acid groups (broad SMARTS) is 1. The molecule has 1 aliphatic rings. The first kappa shape index (κ1) is 14.1. The number of carboxylic acids is 1. The summed E-state index contributed by atoms with van der Waals surface area (Å²) in [4.78, 5) is 12.4. The standard InChI is InChI=1S/C14H19BrO2S/c1-10-8-11(18-13(10)15)4-7-14(9-12(16)17)5-2-3-6-14/h8H,2-7,9H2,1H3,(H,16,17). The van der Waals surface area contributed by atoms with Gasteiger partial charge in [0, 0.05) is 4.88 Å². The van der Waals surface area contributed by atoms with E-state index in [1.165, 1.54) is 27.1 Å². The third-order valence-electron chi connectivity index (χ3n) is 4.00. The van der Waals surface area contributed by atoms with Crippen LogP contribution in [-0.2, 0) is 11.2 Å². The van der Waals surface area contributed by atoms with E-state index in [2.05, 4.69) is 28.9 Å². The van der Waals surface area contributed by atoms with Crippen LogP contribution in [-0.4, -0.2) is 11.1 Å². The van der Waals surface area contributed by atoms with Crippen LogP contribution in [0.3, 0.4) is 0 Å². The van der Waals surface area contributed by atoms with Gasteiger partial charge in [0.05, 0.1) is 10.2 Å². The molecular weight excluding hydrogens is 312 g/mol. The van der Waals surface area contributed by atoms with E-state index in [0.29, 0.717) is 6.42 Å². The lowest BCUT2D eigenvalue weighted by molar-refractivity contribution is -0.139. The summed E-state index contributed by atoms with van der Waals surface area (Å²) in [5.74, 6) is -0.638. The summed E-state index contributed by atoms with van der Waals surface area (Å²) in [5, 5.41) is 9.08. The normalized spacial score (nSPS) is 18.1. The summed E-state index contributed by atoms with van der Waals surface area (Å²) in [6, 6.07) is 2.22. The van der Waals surface area contributed by atoms with Gasteiger partial charge in [0.2, 0.25) is 0 Å². The molecule has 0 aliphatic heterocycles. The minimum absolute atomic E-state index is 0.0657. The Balaban J connectivity index is 1.99. The maximum atomic E-state index is 11.0. The van der Waals surface area contributed by atoms with Crippen molar-refractivity contribution in [3.8, 4) is 0 Å². The highest BCUT2D eigenvalue weighted by Gasteiger charge is 2.35. The first-order valence-electron chi connectivity index (χ1n) is 6.47. The second kappa shape index (κ2) is 5.74. The summed E-state index contributed by atoms with van der Waals surface area (Å²) < 4.78 is 1.20. The number of aliphatic carboxylic acids is 1. The first-order chi connectivity index (χ1) is 8.51. The molecule has 0 aromatic carbocycles. The largest absolute Gasteiger partial charge is 0.481 e. The van der Waals surface area contributed by atoms with Gasteiger partial charge in [0.1, 0.15) is 0 Å². The van der Waals surface area contributed by atoms with Crippen molar-refractivity contribution >= 4 is 33.2 Å². The second-order valence-corrected chi connectivity index (χ2v) is 7.90. The van der Waals surface area contributed by atoms with Gasteiger partial charge in [-0.3, -0.25) is 4.79 Å². The van der Waals surface area contributed by atoms with Gasteiger partial charge < -0.3 is 5.11 Å².